The highest BCUT2D eigenvalue weighted by molar-refractivity contribution is 7.10. The van der Waals surface area contributed by atoms with E-state index >= 15 is 0 Å². The van der Waals surface area contributed by atoms with Gasteiger partial charge in [0.15, 0.2) is 5.96 Å². The molecule has 1 aromatic carbocycles. The molecular formula is C22H28N4O3S. The van der Waals surface area contributed by atoms with Crippen molar-refractivity contribution in [2.75, 3.05) is 26.2 Å². The lowest BCUT2D eigenvalue weighted by Gasteiger charge is -2.20. The van der Waals surface area contributed by atoms with Gasteiger partial charge in [-0.05, 0) is 50.3 Å². The van der Waals surface area contributed by atoms with Gasteiger partial charge in [-0.1, -0.05) is 18.2 Å². The summed E-state index contributed by atoms with van der Waals surface area (Å²) < 4.78 is 0. The Labute approximate surface area is 180 Å². The summed E-state index contributed by atoms with van der Waals surface area (Å²) in [5.41, 5.74) is -0.0397. The number of aliphatic imine (C=N–C) groups is 1. The number of fused-ring (bicyclic) bond motifs is 1. The van der Waals surface area contributed by atoms with Crippen LogP contribution in [0, 0.1) is 0 Å². The molecule has 0 spiro atoms. The zero-order valence-corrected chi connectivity index (χ0v) is 18.2. The van der Waals surface area contributed by atoms with Gasteiger partial charge in [-0.25, -0.2) is 4.99 Å². The summed E-state index contributed by atoms with van der Waals surface area (Å²) in [7, 11) is 0. The molecule has 30 heavy (non-hydrogen) atoms. The van der Waals surface area contributed by atoms with Crippen molar-refractivity contribution in [1.29, 1.82) is 0 Å². The lowest BCUT2D eigenvalue weighted by molar-refractivity contribution is 0.0651. The number of imide groups is 1. The third kappa shape index (κ3) is 5.06. The molecule has 1 atom stereocenters. The number of nitrogens with zero attached hydrogens (tertiary/aromatic N) is 2. The molecule has 3 N–H and O–H groups in total. The van der Waals surface area contributed by atoms with Crippen LogP contribution in [0.2, 0.25) is 0 Å². The van der Waals surface area contributed by atoms with Crippen LogP contribution in [-0.4, -0.2) is 54.0 Å². The molecular weight excluding hydrogens is 400 g/mol. The third-order valence-electron chi connectivity index (χ3n) is 4.92. The lowest BCUT2D eigenvalue weighted by atomic mass is 10.1. The van der Waals surface area contributed by atoms with Crippen molar-refractivity contribution in [3.8, 4) is 0 Å². The number of hydrogen-bond acceptors (Lipinski definition) is 5. The number of aliphatic hydroxyl groups is 1. The molecule has 2 aromatic rings. The predicted molar refractivity (Wildman–Crippen MR) is 119 cm³/mol. The average Bonchev–Trinajstić information content (AvgIpc) is 3.36. The second kappa shape index (κ2) is 9.86. The third-order valence-corrected chi connectivity index (χ3v) is 6.04. The van der Waals surface area contributed by atoms with Crippen LogP contribution in [0.25, 0.3) is 0 Å². The van der Waals surface area contributed by atoms with E-state index in [1.54, 1.807) is 31.2 Å². The van der Waals surface area contributed by atoms with Crippen LogP contribution < -0.4 is 10.6 Å². The topological polar surface area (TPSA) is 94.0 Å². The highest BCUT2D eigenvalue weighted by Gasteiger charge is 2.34. The molecule has 8 heteroatoms. The number of rotatable bonds is 9. The van der Waals surface area contributed by atoms with Crippen molar-refractivity contribution in [1.82, 2.24) is 15.5 Å². The van der Waals surface area contributed by atoms with Gasteiger partial charge in [0, 0.05) is 24.5 Å². The molecule has 1 aliphatic heterocycles. The minimum absolute atomic E-state index is 0.214. The maximum Gasteiger partial charge on any atom is 0.261 e. The van der Waals surface area contributed by atoms with Crippen LogP contribution >= 0.6 is 11.3 Å². The minimum Gasteiger partial charge on any atom is -0.383 e. The highest BCUT2D eigenvalue weighted by Crippen LogP contribution is 2.25. The smallest absolute Gasteiger partial charge is 0.261 e. The minimum atomic E-state index is -1.01. The fourth-order valence-corrected chi connectivity index (χ4v) is 4.06. The van der Waals surface area contributed by atoms with E-state index in [-0.39, 0.29) is 18.4 Å². The number of amides is 2. The summed E-state index contributed by atoms with van der Waals surface area (Å²) in [6.45, 7) is 5.75. The Morgan fingerprint density at radius 2 is 1.80 bits per heavy atom. The molecule has 3 rings (SSSR count). The molecule has 1 aliphatic rings. The number of thiophene rings is 1. The molecule has 7 nitrogen and oxygen atoms in total. The van der Waals surface area contributed by atoms with Crippen LogP contribution in [0.4, 0.5) is 0 Å². The first-order valence-electron chi connectivity index (χ1n) is 10.2. The molecule has 2 amide bonds. The fraction of sp³-hybridized carbons (Fsp3) is 0.409. The van der Waals surface area contributed by atoms with Gasteiger partial charge in [-0.15, -0.1) is 11.3 Å². The Kier molecular flexibility index (Phi) is 7.23. The standard InChI is InChI=1S/C22H28N4O3S/c1-3-23-21(25-15-22(2,29)18-11-8-14-30-18)24-12-6-7-13-26-19(27)16-9-4-5-10-17(16)20(26)28/h4-5,8-11,14,29H,3,6-7,12-13,15H2,1-2H3,(H2,23,24,25). The van der Waals surface area contributed by atoms with E-state index in [9.17, 15) is 14.7 Å². The van der Waals surface area contributed by atoms with Crippen molar-refractivity contribution < 1.29 is 14.7 Å². The molecule has 1 aromatic heterocycles. The molecule has 0 aliphatic carbocycles. The number of guanidine groups is 1. The molecule has 160 valence electrons. The second-order valence-electron chi connectivity index (χ2n) is 7.39. The monoisotopic (exact) mass is 428 g/mol. The first kappa shape index (κ1) is 22.0. The Morgan fingerprint density at radius 1 is 1.10 bits per heavy atom. The molecule has 2 heterocycles. The summed E-state index contributed by atoms with van der Waals surface area (Å²) in [5, 5.41) is 19.0. The van der Waals surface area contributed by atoms with E-state index in [1.807, 2.05) is 24.4 Å². The van der Waals surface area contributed by atoms with E-state index in [0.717, 1.165) is 11.3 Å². The van der Waals surface area contributed by atoms with Crippen LogP contribution in [0.3, 0.4) is 0 Å². The molecule has 0 fully saturated rings. The highest BCUT2D eigenvalue weighted by atomic mass is 32.1. The van der Waals surface area contributed by atoms with Crippen LogP contribution in [0.5, 0.6) is 0 Å². The number of carbonyl (C=O) groups excluding carboxylic acids is 2. The van der Waals surface area contributed by atoms with Crippen molar-refractivity contribution in [3.05, 3.63) is 57.8 Å². The van der Waals surface area contributed by atoms with Gasteiger partial charge in [0.1, 0.15) is 5.60 Å². The van der Waals surface area contributed by atoms with E-state index in [4.69, 9.17) is 0 Å². The van der Waals surface area contributed by atoms with Crippen LogP contribution in [-0.2, 0) is 5.60 Å². The molecule has 1 unspecified atom stereocenters. The maximum atomic E-state index is 12.4. The number of carbonyl (C=O) groups is 2. The van der Waals surface area contributed by atoms with Gasteiger partial charge >= 0.3 is 0 Å². The van der Waals surface area contributed by atoms with Gasteiger partial charge in [0.2, 0.25) is 0 Å². The Hall–Kier alpha value is -2.71. The number of nitrogens with one attached hydrogen (secondary N) is 2. The first-order chi connectivity index (χ1) is 14.4. The summed E-state index contributed by atoms with van der Waals surface area (Å²) in [6.07, 6.45) is 1.48. The van der Waals surface area contributed by atoms with Gasteiger partial charge in [0.25, 0.3) is 11.8 Å². The van der Waals surface area contributed by atoms with Gasteiger partial charge in [-0.3, -0.25) is 14.5 Å². The van der Waals surface area contributed by atoms with Crippen LogP contribution in [0.1, 0.15) is 52.3 Å². The molecule has 0 bridgehead atoms. The largest absolute Gasteiger partial charge is 0.383 e. The second-order valence-corrected chi connectivity index (χ2v) is 8.34. The molecule has 0 saturated carbocycles. The summed E-state index contributed by atoms with van der Waals surface area (Å²) in [6, 6.07) is 10.8. The number of hydrogen-bond donors (Lipinski definition) is 3. The summed E-state index contributed by atoms with van der Waals surface area (Å²) in [5.74, 6) is 0.207. The van der Waals surface area contributed by atoms with Gasteiger partial charge < -0.3 is 15.7 Å². The normalized spacial score (nSPS) is 15.8. The lowest BCUT2D eigenvalue weighted by Crippen LogP contribution is -2.39. The van der Waals surface area contributed by atoms with E-state index in [0.29, 0.717) is 43.1 Å². The Balaban J connectivity index is 1.45. The fourth-order valence-electron chi connectivity index (χ4n) is 3.28. The van der Waals surface area contributed by atoms with Crippen molar-refractivity contribution in [3.63, 3.8) is 0 Å². The van der Waals surface area contributed by atoms with Gasteiger partial charge in [-0.2, -0.15) is 0 Å². The Morgan fingerprint density at radius 3 is 2.40 bits per heavy atom. The maximum absolute atomic E-state index is 12.4. The van der Waals surface area contributed by atoms with Crippen LogP contribution in [0.15, 0.2) is 46.8 Å². The molecule has 0 radical (unpaired) electrons. The van der Waals surface area contributed by atoms with Crippen molar-refractivity contribution in [2.24, 2.45) is 4.99 Å². The first-order valence-corrected chi connectivity index (χ1v) is 11.1. The zero-order valence-electron chi connectivity index (χ0n) is 17.4. The SMILES string of the molecule is CCNC(=NCC(C)(O)c1cccs1)NCCCCN1C(=O)c2ccccc2C1=O. The zero-order chi connectivity index (χ0) is 21.6. The van der Waals surface area contributed by atoms with Gasteiger partial charge in [0.05, 0.1) is 17.7 Å². The van der Waals surface area contributed by atoms with Crippen molar-refractivity contribution >= 4 is 29.1 Å². The Bertz CT molecular complexity index is 874. The van der Waals surface area contributed by atoms with Crippen molar-refractivity contribution in [2.45, 2.75) is 32.3 Å². The number of unbranched alkanes of at least 4 members (excludes halogenated alkanes) is 1. The molecule has 0 saturated heterocycles. The van der Waals surface area contributed by atoms with E-state index in [1.165, 1.54) is 16.2 Å². The number of benzene rings is 1. The van der Waals surface area contributed by atoms with E-state index < -0.39 is 5.60 Å². The quantitative estimate of drug-likeness (QED) is 0.247. The average molecular weight is 429 g/mol. The summed E-state index contributed by atoms with van der Waals surface area (Å²) >= 11 is 1.51. The summed E-state index contributed by atoms with van der Waals surface area (Å²) in [4.78, 5) is 31.5. The predicted octanol–water partition coefficient (Wildman–Crippen LogP) is 2.59. The van der Waals surface area contributed by atoms with E-state index in [2.05, 4.69) is 15.6 Å².